The zero-order valence-electron chi connectivity index (χ0n) is 9.61. The summed E-state index contributed by atoms with van der Waals surface area (Å²) in [4.78, 5) is 1.11. The fraction of sp³-hybridized carbons (Fsp3) is 0.143. The van der Waals surface area contributed by atoms with Gasteiger partial charge < -0.3 is 5.73 Å². The summed E-state index contributed by atoms with van der Waals surface area (Å²) in [6.07, 6.45) is 0. The lowest BCUT2D eigenvalue weighted by molar-refractivity contribution is 0.617. The molecule has 0 saturated carbocycles. The van der Waals surface area contributed by atoms with Gasteiger partial charge in [-0.05, 0) is 42.3 Å². The van der Waals surface area contributed by atoms with E-state index in [9.17, 15) is 4.39 Å². The fourth-order valence-corrected chi connectivity index (χ4v) is 2.50. The maximum Gasteiger partial charge on any atom is 0.127 e. The van der Waals surface area contributed by atoms with E-state index in [1.54, 1.807) is 17.8 Å². The van der Waals surface area contributed by atoms with Crippen LogP contribution in [-0.4, -0.2) is 0 Å². The third-order valence-electron chi connectivity index (χ3n) is 2.59. The zero-order chi connectivity index (χ0) is 12.3. The van der Waals surface area contributed by atoms with Crippen LogP contribution in [0.3, 0.4) is 0 Å². The molecule has 0 amide bonds. The topological polar surface area (TPSA) is 26.0 Å². The van der Waals surface area contributed by atoms with E-state index < -0.39 is 0 Å². The van der Waals surface area contributed by atoms with Gasteiger partial charge >= 0.3 is 0 Å². The summed E-state index contributed by atoms with van der Waals surface area (Å²) in [5.41, 5.74) is 8.33. The fourth-order valence-electron chi connectivity index (χ4n) is 1.51. The van der Waals surface area contributed by atoms with Gasteiger partial charge in [0.1, 0.15) is 5.82 Å². The molecule has 1 nitrogen and oxygen atoms in total. The van der Waals surface area contributed by atoms with Crippen LogP contribution in [0.1, 0.15) is 11.1 Å². The molecule has 88 valence electrons. The van der Waals surface area contributed by atoms with Crippen molar-refractivity contribution in [3.8, 4) is 0 Å². The lowest BCUT2D eigenvalue weighted by Crippen LogP contribution is -1.90. The van der Waals surface area contributed by atoms with Crippen LogP contribution in [0.2, 0.25) is 0 Å². The number of nitrogens with two attached hydrogens (primary N) is 1. The smallest absolute Gasteiger partial charge is 0.127 e. The SMILES string of the molecule is Cc1cc(SCc2ccccc2F)ccc1N. The first kappa shape index (κ1) is 12.0. The summed E-state index contributed by atoms with van der Waals surface area (Å²) < 4.78 is 13.4. The van der Waals surface area contributed by atoms with Crippen LogP contribution in [0.4, 0.5) is 10.1 Å². The average Bonchev–Trinajstić information content (AvgIpc) is 2.32. The van der Waals surface area contributed by atoms with Crippen LogP contribution < -0.4 is 5.73 Å². The van der Waals surface area contributed by atoms with Gasteiger partial charge in [-0.1, -0.05) is 18.2 Å². The quantitative estimate of drug-likeness (QED) is 0.655. The Morgan fingerprint density at radius 1 is 1.18 bits per heavy atom. The van der Waals surface area contributed by atoms with E-state index in [1.165, 1.54) is 6.07 Å². The molecule has 2 aromatic rings. The van der Waals surface area contributed by atoms with Gasteiger partial charge in [0.2, 0.25) is 0 Å². The molecule has 2 N–H and O–H groups in total. The van der Waals surface area contributed by atoms with Crippen LogP contribution in [0.5, 0.6) is 0 Å². The van der Waals surface area contributed by atoms with E-state index in [0.717, 1.165) is 21.7 Å². The van der Waals surface area contributed by atoms with Crippen molar-refractivity contribution in [1.29, 1.82) is 0 Å². The van der Waals surface area contributed by atoms with Crippen LogP contribution >= 0.6 is 11.8 Å². The molecule has 0 saturated heterocycles. The van der Waals surface area contributed by atoms with E-state index >= 15 is 0 Å². The highest BCUT2D eigenvalue weighted by atomic mass is 32.2. The van der Waals surface area contributed by atoms with Crippen LogP contribution in [0.25, 0.3) is 0 Å². The lowest BCUT2D eigenvalue weighted by atomic mass is 10.2. The van der Waals surface area contributed by atoms with Crippen molar-refractivity contribution in [3.05, 3.63) is 59.4 Å². The second-order valence-electron chi connectivity index (χ2n) is 3.90. The second-order valence-corrected chi connectivity index (χ2v) is 4.95. The summed E-state index contributed by atoms with van der Waals surface area (Å²) in [7, 11) is 0. The molecule has 0 unspecified atom stereocenters. The second kappa shape index (κ2) is 5.23. The lowest BCUT2D eigenvalue weighted by Gasteiger charge is -2.05. The maximum absolute atomic E-state index is 13.4. The number of hydrogen-bond donors (Lipinski definition) is 1. The third-order valence-corrected chi connectivity index (χ3v) is 3.64. The van der Waals surface area contributed by atoms with E-state index in [-0.39, 0.29) is 5.82 Å². The van der Waals surface area contributed by atoms with Crippen LogP contribution in [0, 0.1) is 12.7 Å². The Balaban J connectivity index is 2.08. The monoisotopic (exact) mass is 247 g/mol. The van der Waals surface area contributed by atoms with E-state index in [2.05, 4.69) is 0 Å². The van der Waals surface area contributed by atoms with Crippen molar-refractivity contribution in [2.75, 3.05) is 5.73 Å². The number of benzene rings is 2. The zero-order valence-corrected chi connectivity index (χ0v) is 10.4. The van der Waals surface area contributed by atoms with Gasteiger partial charge in [0.15, 0.2) is 0 Å². The van der Waals surface area contributed by atoms with E-state index in [0.29, 0.717) is 5.75 Å². The minimum Gasteiger partial charge on any atom is -0.399 e. The Morgan fingerprint density at radius 2 is 1.94 bits per heavy atom. The van der Waals surface area contributed by atoms with Crippen molar-refractivity contribution in [2.45, 2.75) is 17.6 Å². The van der Waals surface area contributed by atoms with Gasteiger partial charge in [-0.15, -0.1) is 11.8 Å². The predicted octanol–water partition coefficient (Wildman–Crippen LogP) is 4.01. The third kappa shape index (κ3) is 3.01. The van der Waals surface area contributed by atoms with Gasteiger partial charge in [0, 0.05) is 16.3 Å². The molecule has 0 fully saturated rings. The summed E-state index contributed by atoms with van der Waals surface area (Å²) >= 11 is 1.61. The Labute approximate surface area is 105 Å². The minimum absolute atomic E-state index is 0.146. The van der Waals surface area contributed by atoms with Gasteiger partial charge in [-0.3, -0.25) is 0 Å². The van der Waals surface area contributed by atoms with Gasteiger partial charge in [0.25, 0.3) is 0 Å². The standard InChI is InChI=1S/C14H14FNS/c1-10-8-12(6-7-14(10)16)17-9-11-4-2-3-5-13(11)15/h2-8H,9,16H2,1H3. The molecule has 0 atom stereocenters. The molecule has 0 heterocycles. The van der Waals surface area contributed by atoms with Crippen molar-refractivity contribution in [2.24, 2.45) is 0 Å². The van der Waals surface area contributed by atoms with Crippen LogP contribution in [-0.2, 0) is 5.75 Å². The van der Waals surface area contributed by atoms with E-state index in [1.807, 2.05) is 37.3 Å². The number of hydrogen-bond acceptors (Lipinski definition) is 2. The highest BCUT2D eigenvalue weighted by Gasteiger charge is 2.02. The first-order valence-electron chi connectivity index (χ1n) is 5.39. The number of rotatable bonds is 3. The molecular weight excluding hydrogens is 233 g/mol. The summed E-state index contributed by atoms with van der Waals surface area (Å²) in [6.45, 7) is 1.97. The molecule has 0 aliphatic rings. The number of thioether (sulfide) groups is 1. The Kier molecular flexibility index (Phi) is 3.69. The predicted molar refractivity (Wildman–Crippen MR) is 71.6 cm³/mol. The highest BCUT2D eigenvalue weighted by molar-refractivity contribution is 7.98. The molecule has 0 aliphatic carbocycles. The molecule has 2 aromatic carbocycles. The largest absolute Gasteiger partial charge is 0.399 e. The first-order chi connectivity index (χ1) is 8.16. The number of halogens is 1. The number of nitrogen functional groups attached to an aromatic ring is 1. The maximum atomic E-state index is 13.4. The Hall–Kier alpha value is -1.48. The van der Waals surface area contributed by atoms with Gasteiger partial charge in [0.05, 0.1) is 0 Å². The molecule has 0 spiro atoms. The van der Waals surface area contributed by atoms with Crippen molar-refractivity contribution >= 4 is 17.4 Å². The highest BCUT2D eigenvalue weighted by Crippen LogP contribution is 2.26. The van der Waals surface area contributed by atoms with Crippen molar-refractivity contribution in [3.63, 3.8) is 0 Å². The summed E-state index contributed by atoms with van der Waals surface area (Å²) in [6, 6.07) is 12.7. The molecular formula is C14H14FNS. The van der Waals surface area contributed by atoms with Crippen molar-refractivity contribution < 1.29 is 4.39 Å². The molecule has 0 aromatic heterocycles. The normalized spacial score (nSPS) is 10.5. The Morgan fingerprint density at radius 3 is 2.65 bits per heavy atom. The molecule has 0 bridgehead atoms. The molecule has 0 aliphatic heterocycles. The van der Waals surface area contributed by atoms with Gasteiger partial charge in [-0.25, -0.2) is 4.39 Å². The minimum atomic E-state index is -0.146. The number of anilines is 1. The average molecular weight is 247 g/mol. The first-order valence-corrected chi connectivity index (χ1v) is 6.37. The van der Waals surface area contributed by atoms with Crippen molar-refractivity contribution in [1.82, 2.24) is 0 Å². The molecule has 17 heavy (non-hydrogen) atoms. The number of aryl methyl sites for hydroxylation is 1. The molecule has 0 radical (unpaired) electrons. The summed E-state index contributed by atoms with van der Waals surface area (Å²) in [5, 5.41) is 0. The van der Waals surface area contributed by atoms with E-state index in [4.69, 9.17) is 5.73 Å². The van der Waals surface area contributed by atoms with Crippen LogP contribution in [0.15, 0.2) is 47.4 Å². The van der Waals surface area contributed by atoms with Gasteiger partial charge in [-0.2, -0.15) is 0 Å². The summed E-state index contributed by atoms with van der Waals surface area (Å²) in [5.74, 6) is 0.489. The Bertz CT molecular complexity index is 525. The molecule has 3 heteroatoms. The molecule has 2 rings (SSSR count).